The Bertz CT molecular complexity index is 896. The van der Waals surface area contributed by atoms with Gasteiger partial charge in [0.15, 0.2) is 4.34 Å². The van der Waals surface area contributed by atoms with E-state index in [-0.39, 0.29) is 12.0 Å². The van der Waals surface area contributed by atoms with Crippen molar-refractivity contribution in [3.63, 3.8) is 0 Å². The topological polar surface area (TPSA) is 64.1 Å². The van der Waals surface area contributed by atoms with Gasteiger partial charge in [0.1, 0.15) is 5.75 Å². The Morgan fingerprint density at radius 3 is 2.52 bits per heavy atom. The number of ether oxygens (including phenoxy) is 1. The zero-order chi connectivity index (χ0) is 19.2. The van der Waals surface area contributed by atoms with Crippen LogP contribution in [-0.4, -0.2) is 22.2 Å². The fourth-order valence-electron chi connectivity index (χ4n) is 2.17. The third kappa shape index (κ3) is 6.05. The molecule has 3 rings (SSSR count). The molecule has 8 heteroatoms. The van der Waals surface area contributed by atoms with E-state index >= 15 is 0 Å². The van der Waals surface area contributed by atoms with Crippen molar-refractivity contribution in [1.29, 1.82) is 0 Å². The predicted molar refractivity (Wildman–Crippen MR) is 114 cm³/mol. The first-order chi connectivity index (χ1) is 13.0. The Hall–Kier alpha value is -1.90. The van der Waals surface area contributed by atoms with Gasteiger partial charge in [0.25, 0.3) is 5.91 Å². The van der Waals surface area contributed by atoms with E-state index in [1.165, 1.54) is 16.9 Å². The molecule has 0 atom stereocenters. The monoisotopic (exact) mass is 463 g/mol. The number of carbonyl (C=O) groups is 1. The van der Waals surface area contributed by atoms with Crippen molar-refractivity contribution in [3.8, 4) is 5.75 Å². The lowest BCUT2D eigenvalue weighted by molar-refractivity contribution is 0.102. The van der Waals surface area contributed by atoms with Gasteiger partial charge in [0.05, 0.1) is 6.10 Å². The maximum Gasteiger partial charge on any atom is 0.257 e. The molecule has 1 amide bonds. The minimum Gasteiger partial charge on any atom is -0.491 e. The van der Waals surface area contributed by atoms with E-state index in [1.807, 2.05) is 26.0 Å². The maximum atomic E-state index is 12.3. The molecular weight excluding hydrogens is 446 g/mol. The van der Waals surface area contributed by atoms with E-state index in [1.54, 1.807) is 36.0 Å². The van der Waals surface area contributed by atoms with Gasteiger partial charge in [-0.2, -0.15) is 0 Å². The van der Waals surface area contributed by atoms with Crippen LogP contribution in [0, 0.1) is 0 Å². The summed E-state index contributed by atoms with van der Waals surface area (Å²) < 4.78 is 7.45. The molecule has 0 bridgehead atoms. The molecule has 0 aliphatic carbocycles. The zero-order valence-corrected chi connectivity index (χ0v) is 18.0. The predicted octanol–water partition coefficient (Wildman–Crippen LogP) is 5.63. The van der Waals surface area contributed by atoms with E-state index in [0.29, 0.717) is 10.7 Å². The Morgan fingerprint density at radius 2 is 1.85 bits per heavy atom. The third-order valence-electron chi connectivity index (χ3n) is 3.39. The van der Waals surface area contributed by atoms with Crippen LogP contribution < -0.4 is 10.1 Å². The quantitative estimate of drug-likeness (QED) is 0.363. The van der Waals surface area contributed by atoms with Crippen molar-refractivity contribution in [2.75, 3.05) is 5.32 Å². The van der Waals surface area contributed by atoms with Gasteiger partial charge in [-0.15, -0.1) is 10.2 Å². The molecule has 0 fully saturated rings. The van der Waals surface area contributed by atoms with Gasteiger partial charge in [0, 0.05) is 15.8 Å². The molecule has 0 unspecified atom stereocenters. The van der Waals surface area contributed by atoms with Crippen LogP contribution in [0.25, 0.3) is 0 Å². The van der Waals surface area contributed by atoms with Crippen LogP contribution in [0.5, 0.6) is 5.75 Å². The summed E-state index contributed by atoms with van der Waals surface area (Å²) in [6.45, 7) is 3.92. The zero-order valence-electron chi connectivity index (χ0n) is 14.8. The molecule has 2 aromatic carbocycles. The average Bonchev–Trinajstić information content (AvgIpc) is 3.08. The number of rotatable bonds is 7. The Kier molecular flexibility index (Phi) is 6.87. The van der Waals surface area contributed by atoms with Gasteiger partial charge in [-0.05, 0) is 55.8 Å². The van der Waals surface area contributed by atoms with Crippen molar-refractivity contribution >= 4 is 50.1 Å². The molecule has 0 spiro atoms. The number of amides is 1. The Labute approximate surface area is 174 Å². The molecular formula is C19H18BrN3O2S2. The molecule has 0 aliphatic heterocycles. The SMILES string of the molecule is CC(C)Oc1ccc(C(=O)Nc2nnc(SCc3ccc(Br)cc3)s2)cc1. The van der Waals surface area contributed by atoms with Crippen LogP contribution in [-0.2, 0) is 5.75 Å². The Morgan fingerprint density at radius 1 is 1.15 bits per heavy atom. The van der Waals surface area contributed by atoms with Gasteiger partial charge >= 0.3 is 0 Å². The van der Waals surface area contributed by atoms with Gasteiger partial charge in [-0.1, -0.05) is 51.2 Å². The van der Waals surface area contributed by atoms with Crippen molar-refractivity contribution in [2.24, 2.45) is 0 Å². The summed E-state index contributed by atoms with van der Waals surface area (Å²) in [5, 5.41) is 11.5. The second-order valence-corrected chi connectivity index (χ2v) is 9.05. The van der Waals surface area contributed by atoms with Crippen molar-refractivity contribution in [3.05, 3.63) is 64.1 Å². The first-order valence-corrected chi connectivity index (χ1v) is 10.9. The third-order valence-corrected chi connectivity index (χ3v) is 5.96. The largest absolute Gasteiger partial charge is 0.491 e. The summed E-state index contributed by atoms with van der Waals surface area (Å²) in [5.41, 5.74) is 1.75. The molecule has 27 heavy (non-hydrogen) atoms. The lowest BCUT2D eigenvalue weighted by Crippen LogP contribution is -2.12. The second-order valence-electron chi connectivity index (χ2n) is 5.93. The Balaban J connectivity index is 1.55. The standard InChI is InChI=1S/C19H18BrN3O2S2/c1-12(2)25-16-9-5-14(6-10-16)17(24)21-18-22-23-19(27-18)26-11-13-3-7-15(20)8-4-13/h3-10,12H,11H2,1-2H3,(H,21,22,24). The minimum absolute atomic E-state index is 0.0967. The van der Waals surface area contributed by atoms with Gasteiger partial charge < -0.3 is 4.74 Å². The minimum atomic E-state index is -0.216. The highest BCUT2D eigenvalue weighted by molar-refractivity contribution is 9.10. The summed E-state index contributed by atoms with van der Waals surface area (Å²) in [4.78, 5) is 12.3. The number of carbonyl (C=O) groups excluding carboxylic acids is 1. The molecule has 1 aromatic heterocycles. The normalized spacial score (nSPS) is 10.8. The molecule has 5 nitrogen and oxygen atoms in total. The van der Waals surface area contributed by atoms with E-state index in [2.05, 4.69) is 43.6 Å². The first kappa shape index (κ1) is 19.9. The lowest BCUT2D eigenvalue weighted by Gasteiger charge is -2.09. The second kappa shape index (κ2) is 9.34. The molecule has 0 aliphatic rings. The van der Waals surface area contributed by atoms with Crippen LogP contribution in [0.3, 0.4) is 0 Å². The number of nitrogens with one attached hydrogen (secondary N) is 1. The molecule has 0 radical (unpaired) electrons. The number of thioether (sulfide) groups is 1. The summed E-state index contributed by atoms with van der Waals surface area (Å²) in [6, 6.07) is 15.2. The number of halogens is 1. The lowest BCUT2D eigenvalue weighted by atomic mass is 10.2. The van der Waals surface area contributed by atoms with Crippen LogP contribution >= 0.6 is 39.0 Å². The average molecular weight is 464 g/mol. The van der Waals surface area contributed by atoms with Crippen LogP contribution in [0.2, 0.25) is 0 Å². The van der Waals surface area contributed by atoms with Crippen LogP contribution in [0.1, 0.15) is 29.8 Å². The van der Waals surface area contributed by atoms with E-state index < -0.39 is 0 Å². The highest BCUT2D eigenvalue weighted by Gasteiger charge is 2.11. The number of hydrogen-bond acceptors (Lipinski definition) is 6. The fraction of sp³-hybridized carbons (Fsp3) is 0.211. The molecule has 3 aromatic rings. The van der Waals surface area contributed by atoms with Gasteiger partial charge in [0.2, 0.25) is 5.13 Å². The summed E-state index contributed by atoms with van der Waals surface area (Å²) >= 11 is 6.38. The van der Waals surface area contributed by atoms with E-state index in [4.69, 9.17) is 4.74 Å². The smallest absolute Gasteiger partial charge is 0.257 e. The van der Waals surface area contributed by atoms with Gasteiger partial charge in [-0.3, -0.25) is 10.1 Å². The number of benzene rings is 2. The molecule has 1 heterocycles. The van der Waals surface area contributed by atoms with E-state index in [9.17, 15) is 4.79 Å². The fourth-order valence-corrected chi connectivity index (χ4v) is 4.14. The molecule has 0 saturated heterocycles. The molecule has 140 valence electrons. The van der Waals surface area contributed by atoms with Crippen LogP contribution in [0.4, 0.5) is 5.13 Å². The van der Waals surface area contributed by atoms with Gasteiger partial charge in [-0.25, -0.2) is 0 Å². The first-order valence-electron chi connectivity index (χ1n) is 8.28. The van der Waals surface area contributed by atoms with Crippen molar-refractivity contribution in [2.45, 2.75) is 30.0 Å². The number of nitrogens with zero attached hydrogens (tertiary/aromatic N) is 2. The van der Waals surface area contributed by atoms with E-state index in [0.717, 1.165) is 20.3 Å². The maximum absolute atomic E-state index is 12.3. The summed E-state index contributed by atoms with van der Waals surface area (Å²) in [7, 11) is 0. The molecule has 1 N–H and O–H groups in total. The van der Waals surface area contributed by atoms with Crippen LogP contribution in [0.15, 0.2) is 57.3 Å². The van der Waals surface area contributed by atoms with Crippen molar-refractivity contribution in [1.82, 2.24) is 10.2 Å². The number of aromatic nitrogens is 2. The number of anilines is 1. The highest BCUT2D eigenvalue weighted by atomic mass is 79.9. The number of hydrogen-bond donors (Lipinski definition) is 1. The highest BCUT2D eigenvalue weighted by Crippen LogP contribution is 2.29. The molecule has 0 saturated carbocycles. The summed E-state index contributed by atoms with van der Waals surface area (Å²) in [5.74, 6) is 1.32. The van der Waals surface area contributed by atoms with Crippen molar-refractivity contribution < 1.29 is 9.53 Å². The summed E-state index contributed by atoms with van der Waals surface area (Å²) in [6.07, 6.45) is 0.0967.